The molecule has 1 heterocycles. The van der Waals surface area contributed by atoms with Crippen molar-refractivity contribution in [3.8, 4) is 0 Å². The topological polar surface area (TPSA) is 80.3 Å². The third-order valence-corrected chi connectivity index (χ3v) is 6.26. The number of nitrogens with zero attached hydrogens (tertiary/aromatic N) is 4. The van der Waals surface area contributed by atoms with Gasteiger partial charge in [0.05, 0.1) is 6.54 Å². The molecule has 2 fully saturated rings. The van der Waals surface area contributed by atoms with Gasteiger partial charge in [0.25, 0.3) is 0 Å². The van der Waals surface area contributed by atoms with Crippen LogP contribution in [0.25, 0.3) is 0 Å². The number of aliphatic imine (C=N–C) groups is 1. The average Bonchev–Trinajstić information content (AvgIpc) is 3.58. The second-order valence-electron chi connectivity index (χ2n) is 8.12. The lowest BCUT2D eigenvalue weighted by molar-refractivity contribution is -0.127. The molecule has 8 nitrogen and oxygen atoms in total. The molecule has 0 spiro atoms. The van der Waals surface area contributed by atoms with Crippen molar-refractivity contribution >= 4 is 29.5 Å². The first-order chi connectivity index (χ1) is 15.0. The van der Waals surface area contributed by atoms with Crippen LogP contribution in [0.4, 0.5) is 0 Å². The lowest BCUT2D eigenvalue weighted by atomic mass is 10.3. The molecule has 0 radical (unpaired) electrons. The van der Waals surface area contributed by atoms with E-state index < -0.39 is 0 Å². The Balaban J connectivity index is 1.47. The van der Waals surface area contributed by atoms with E-state index in [0.29, 0.717) is 12.6 Å². The molecule has 0 aromatic heterocycles. The van der Waals surface area contributed by atoms with E-state index in [1.165, 1.54) is 4.90 Å². The van der Waals surface area contributed by atoms with E-state index in [1.54, 1.807) is 30.8 Å². The summed E-state index contributed by atoms with van der Waals surface area (Å²) in [6.07, 6.45) is 2.22. The Labute approximate surface area is 189 Å². The van der Waals surface area contributed by atoms with Gasteiger partial charge in [-0.15, -0.1) is 11.8 Å². The number of carbonyl (C=O) groups is 2. The van der Waals surface area contributed by atoms with Crippen LogP contribution in [0.2, 0.25) is 0 Å². The summed E-state index contributed by atoms with van der Waals surface area (Å²) in [5.74, 6) is 1.78. The highest BCUT2D eigenvalue weighted by atomic mass is 32.2. The van der Waals surface area contributed by atoms with Crippen LogP contribution in [0.5, 0.6) is 0 Å². The first-order valence-corrected chi connectivity index (χ1v) is 11.9. The molecule has 3 rings (SSSR count). The van der Waals surface area contributed by atoms with Crippen molar-refractivity contribution in [2.75, 3.05) is 65.7 Å². The maximum absolute atomic E-state index is 12.1. The normalized spacial score (nSPS) is 17.4. The maximum Gasteiger partial charge on any atom is 0.243 e. The minimum absolute atomic E-state index is 0.0201. The van der Waals surface area contributed by atoms with Gasteiger partial charge in [-0.05, 0) is 25.0 Å². The molecule has 9 heteroatoms. The molecule has 2 amide bonds. The summed E-state index contributed by atoms with van der Waals surface area (Å²) in [4.78, 5) is 35.8. The van der Waals surface area contributed by atoms with E-state index in [0.717, 1.165) is 57.3 Å². The van der Waals surface area contributed by atoms with Crippen LogP contribution in [-0.4, -0.2) is 104 Å². The number of amides is 2. The number of hydrogen-bond donors (Lipinski definition) is 2. The van der Waals surface area contributed by atoms with Crippen LogP contribution in [0.1, 0.15) is 12.8 Å². The van der Waals surface area contributed by atoms with E-state index >= 15 is 0 Å². The van der Waals surface area contributed by atoms with Crippen molar-refractivity contribution in [3.63, 3.8) is 0 Å². The monoisotopic (exact) mass is 446 g/mol. The number of carbonyl (C=O) groups excluding carboxylic acids is 2. The average molecular weight is 447 g/mol. The summed E-state index contributed by atoms with van der Waals surface area (Å²) in [7, 11) is 3.49. The molecule has 1 aromatic rings. The molecule has 1 saturated carbocycles. The molecular formula is C22H34N6O2S. The van der Waals surface area contributed by atoms with Crippen LogP contribution in [0.3, 0.4) is 0 Å². The SMILES string of the molecule is CN(C)C(=O)CN=C(NCCSc1ccccc1)N1CCN(CC(=O)NC2CC2)CC1. The van der Waals surface area contributed by atoms with Gasteiger partial charge in [-0.25, -0.2) is 4.99 Å². The predicted molar refractivity (Wildman–Crippen MR) is 125 cm³/mol. The first kappa shape index (κ1) is 23.4. The Morgan fingerprint density at radius 3 is 2.48 bits per heavy atom. The summed E-state index contributed by atoms with van der Waals surface area (Å²) >= 11 is 1.79. The Kier molecular flexibility index (Phi) is 9.02. The zero-order chi connectivity index (χ0) is 22.1. The highest BCUT2D eigenvalue weighted by Crippen LogP contribution is 2.18. The van der Waals surface area contributed by atoms with Crippen molar-refractivity contribution in [2.24, 2.45) is 4.99 Å². The summed E-state index contributed by atoms with van der Waals surface area (Å²) in [6.45, 7) is 4.52. The molecule has 0 atom stereocenters. The van der Waals surface area contributed by atoms with Crippen LogP contribution < -0.4 is 10.6 Å². The number of thioether (sulfide) groups is 1. The Hall–Kier alpha value is -2.26. The van der Waals surface area contributed by atoms with Crippen molar-refractivity contribution in [2.45, 2.75) is 23.8 Å². The zero-order valence-corrected chi connectivity index (χ0v) is 19.4. The summed E-state index contributed by atoms with van der Waals surface area (Å²) in [5, 5.41) is 6.48. The number of guanidine groups is 1. The largest absolute Gasteiger partial charge is 0.355 e. The van der Waals surface area contributed by atoms with Gasteiger partial charge in [-0.3, -0.25) is 14.5 Å². The highest BCUT2D eigenvalue weighted by molar-refractivity contribution is 7.99. The molecule has 0 unspecified atom stereocenters. The predicted octanol–water partition coefficient (Wildman–Crippen LogP) is 0.709. The van der Waals surface area contributed by atoms with Gasteiger partial charge in [-0.2, -0.15) is 0 Å². The Morgan fingerprint density at radius 2 is 1.84 bits per heavy atom. The van der Waals surface area contributed by atoms with E-state index in [-0.39, 0.29) is 18.4 Å². The molecule has 2 N–H and O–H groups in total. The molecular weight excluding hydrogens is 412 g/mol. The molecule has 31 heavy (non-hydrogen) atoms. The summed E-state index contributed by atoms with van der Waals surface area (Å²) in [5.41, 5.74) is 0. The fourth-order valence-electron chi connectivity index (χ4n) is 3.22. The minimum atomic E-state index is -0.0201. The van der Waals surface area contributed by atoms with Gasteiger partial charge in [-0.1, -0.05) is 18.2 Å². The standard InChI is InChI=1S/C22H34N6O2S/c1-26(2)21(30)16-24-22(23-10-15-31-19-6-4-3-5-7-19)28-13-11-27(12-14-28)17-20(29)25-18-8-9-18/h3-7,18H,8-17H2,1-2H3,(H,23,24)(H,25,29). The van der Waals surface area contributed by atoms with Gasteiger partial charge < -0.3 is 20.4 Å². The van der Waals surface area contributed by atoms with Crippen molar-refractivity contribution in [3.05, 3.63) is 30.3 Å². The number of benzene rings is 1. The van der Waals surface area contributed by atoms with Gasteiger partial charge in [0, 0.05) is 63.5 Å². The quantitative estimate of drug-likeness (QED) is 0.252. The number of piperazine rings is 1. The van der Waals surface area contributed by atoms with Gasteiger partial charge in [0.2, 0.25) is 11.8 Å². The van der Waals surface area contributed by atoms with Gasteiger partial charge >= 0.3 is 0 Å². The molecule has 1 aliphatic carbocycles. The van der Waals surface area contributed by atoms with Crippen molar-refractivity contribution < 1.29 is 9.59 Å². The second kappa shape index (κ2) is 12.0. The van der Waals surface area contributed by atoms with Crippen molar-refractivity contribution in [1.29, 1.82) is 0 Å². The lowest BCUT2D eigenvalue weighted by Crippen LogP contribution is -2.54. The third-order valence-electron chi connectivity index (χ3n) is 5.24. The first-order valence-electron chi connectivity index (χ1n) is 10.9. The number of nitrogens with one attached hydrogen (secondary N) is 2. The molecule has 2 aliphatic rings. The van der Waals surface area contributed by atoms with Crippen LogP contribution in [-0.2, 0) is 9.59 Å². The fourth-order valence-corrected chi connectivity index (χ4v) is 4.01. The highest BCUT2D eigenvalue weighted by Gasteiger charge is 2.26. The summed E-state index contributed by atoms with van der Waals surface area (Å²) in [6, 6.07) is 10.7. The molecule has 170 valence electrons. The van der Waals surface area contributed by atoms with Crippen LogP contribution >= 0.6 is 11.8 Å². The van der Waals surface area contributed by atoms with Gasteiger partial charge in [0.1, 0.15) is 6.54 Å². The third kappa shape index (κ3) is 8.41. The molecule has 1 aliphatic heterocycles. The molecule has 0 bridgehead atoms. The van der Waals surface area contributed by atoms with E-state index in [2.05, 4.69) is 37.6 Å². The van der Waals surface area contributed by atoms with Crippen molar-refractivity contribution in [1.82, 2.24) is 25.3 Å². The maximum atomic E-state index is 12.1. The number of hydrogen-bond acceptors (Lipinski definition) is 5. The van der Waals surface area contributed by atoms with Gasteiger partial charge in [0.15, 0.2) is 5.96 Å². The molecule has 1 aromatic carbocycles. The Morgan fingerprint density at radius 1 is 1.13 bits per heavy atom. The van der Waals surface area contributed by atoms with Crippen LogP contribution in [0.15, 0.2) is 40.2 Å². The zero-order valence-electron chi connectivity index (χ0n) is 18.5. The second-order valence-corrected chi connectivity index (χ2v) is 9.29. The van der Waals surface area contributed by atoms with Crippen LogP contribution in [0, 0.1) is 0 Å². The number of rotatable bonds is 9. The minimum Gasteiger partial charge on any atom is -0.355 e. The van der Waals surface area contributed by atoms with E-state index in [9.17, 15) is 9.59 Å². The summed E-state index contributed by atoms with van der Waals surface area (Å²) < 4.78 is 0. The van der Waals surface area contributed by atoms with E-state index in [4.69, 9.17) is 0 Å². The van der Waals surface area contributed by atoms with E-state index in [1.807, 2.05) is 18.2 Å². The fraction of sp³-hybridized carbons (Fsp3) is 0.591. The number of likely N-dealkylation sites (N-methyl/N-ethyl adjacent to an activating group) is 1. The molecule has 1 saturated heterocycles. The lowest BCUT2D eigenvalue weighted by Gasteiger charge is -2.36. The Bertz CT molecular complexity index is 746. The smallest absolute Gasteiger partial charge is 0.243 e.